The molecule has 0 unspecified atom stereocenters. The summed E-state index contributed by atoms with van der Waals surface area (Å²) in [6.07, 6.45) is 4.94. The lowest BCUT2D eigenvalue weighted by Gasteiger charge is -2.33. The zero-order chi connectivity index (χ0) is 21.6. The van der Waals surface area contributed by atoms with E-state index in [4.69, 9.17) is 9.15 Å². The maximum Gasteiger partial charge on any atom is 0.275 e. The van der Waals surface area contributed by atoms with Crippen molar-refractivity contribution in [2.45, 2.75) is 13.1 Å². The molecule has 0 aliphatic carbocycles. The smallest absolute Gasteiger partial charge is 0.275 e. The number of amides is 1. The van der Waals surface area contributed by atoms with Crippen LogP contribution in [0, 0.1) is 0 Å². The first-order chi connectivity index (χ1) is 15.1. The van der Waals surface area contributed by atoms with Crippen LogP contribution in [-0.2, 0) is 13.1 Å². The second kappa shape index (κ2) is 9.57. The van der Waals surface area contributed by atoms with Gasteiger partial charge in [0, 0.05) is 57.7 Å². The van der Waals surface area contributed by atoms with Crippen molar-refractivity contribution in [1.29, 1.82) is 0 Å². The van der Waals surface area contributed by atoms with Crippen LogP contribution in [0.25, 0.3) is 0 Å². The number of methoxy groups -OCH3 is 1. The summed E-state index contributed by atoms with van der Waals surface area (Å²) in [6.45, 7) is 4.34. The van der Waals surface area contributed by atoms with E-state index in [-0.39, 0.29) is 5.91 Å². The van der Waals surface area contributed by atoms with Crippen LogP contribution in [0.1, 0.15) is 21.9 Å². The molecule has 9 nitrogen and oxygen atoms in total. The van der Waals surface area contributed by atoms with Crippen molar-refractivity contribution in [3.63, 3.8) is 0 Å². The van der Waals surface area contributed by atoms with Crippen molar-refractivity contribution in [1.82, 2.24) is 24.8 Å². The minimum absolute atomic E-state index is 0.188. The van der Waals surface area contributed by atoms with Crippen LogP contribution in [0.2, 0.25) is 0 Å². The van der Waals surface area contributed by atoms with E-state index in [0.29, 0.717) is 24.7 Å². The number of hydrogen-bond acceptors (Lipinski definition) is 8. The molecule has 0 radical (unpaired) electrons. The number of oxazole rings is 1. The summed E-state index contributed by atoms with van der Waals surface area (Å²) < 4.78 is 10.9. The van der Waals surface area contributed by atoms with Gasteiger partial charge in [0.1, 0.15) is 12.0 Å². The quantitative estimate of drug-likeness (QED) is 0.572. The molecule has 1 amide bonds. The Morgan fingerprint density at radius 3 is 2.61 bits per heavy atom. The summed E-state index contributed by atoms with van der Waals surface area (Å²) in [4.78, 5) is 31.8. The zero-order valence-electron chi connectivity index (χ0n) is 17.8. The number of carbonyl (C=O) groups is 1. The summed E-state index contributed by atoms with van der Waals surface area (Å²) >= 11 is 0. The molecule has 1 saturated heterocycles. The normalized spacial score (nSPS) is 14.5. The minimum Gasteiger partial charge on any atom is -0.496 e. The van der Waals surface area contributed by atoms with Crippen molar-refractivity contribution in [2.24, 2.45) is 0 Å². The van der Waals surface area contributed by atoms with Crippen molar-refractivity contribution in [3.05, 3.63) is 66.1 Å². The first-order valence-corrected chi connectivity index (χ1v) is 10.2. The summed E-state index contributed by atoms with van der Waals surface area (Å²) in [5, 5.41) is 0. The first kappa shape index (κ1) is 20.8. The Morgan fingerprint density at radius 2 is 1.87 bits per heavy atom. The van der Waals surface area contributed by atoms with Gasteiger partial charge >= 0.3 is 0 Å². The van der Waals surface area contributed by atoms with Crippen molar-refractivity contribution in [2.75, 3.05) is 45.2 Å². The number of aromatic nitrogens is 3. The number of piperazine rings is 1. The van der Waals surface area contributed by atoms with Gasteiger partial charge in [0.25, 0.3) is 5.91 Å². The summed E-state index contributed by atoms with van der Waals surface area (Å²) in [5.74, 6) is 1.86. The second-order valence-electron chi connectivity index (χ2n) is 7.41. The lowest BCUT2D eigenvalue weighted by molar-refractivity contribution is 0.0778. The Kier molecular flexibility index (Phi) is 6.42. The first-order valence-electron chi connectivity index (χ1n) is 10.2. The van der Waals surface area contributed by atoms with Crippen LogP contribution < -0.4 is 9.64 Å². The van der Waals surface area contributed by atoms with Crippen molar-refractivity contribution < 1.29 is 13.9 Å². The Bertz CT molecular complexity index is 1000. The fraction of sp³-hybridized carbons (Fsp3) is 0.364. The minimum atomic E-state index is -0.188. The van der Waals surface area contributed by atoms with Crippen LogP contribution in [0.5, 0.6) is 5.75 Å². The second-order valence-corrected chi connectivity index (χ2v) is 7.41. The predicted octanol–water partition coefficient (Wildman–Crippen LogP) is 2.07. The lowest BCUT2D eigenvalue weighted by Crippen LogP contribution is -2.46. The van der Waals surface area contributed by atoms with Crippen LogP contribution >= 0.6 is 0 Å². The van der Waals surface area contributed by atoms with Crippen LogP contribution in [0.15, 0.2) is 53.4 Å². The molecule has 0 saturated carbocycles. The topological polar surface area (TPSA) is 87.8 Å². The molecule has 1 aliphatic heterocycles. The van der Waals surface area contributed by atoms with Gasteiger partial charge in [-0.05, 0) is 12.1 Å². The largest absolute Gasteiger partial charge is 0.496 e. The van der Waals surface area contributed by atoms with E-state index in [1.807, 2.05) is 30.3 Å². The van der Waals surface area contributed by atoms with Gasteiger partial charge in [0.2, 0.25) is 11.8 Å². The van der Waals surface area contributed by atoms with Gasteiger partial charge in [0.15, 0.2) is 5.69 Å². The molecule has 3 heterocycles. The molecule has 3 aromatic rings. The number of rotatable bonds is 7. The fourth-order valence-electron chi connectivity index (χ4n) is 3.59. The molecule has 162 valence electrons. The van der Waals surface area contributed by atoms with Crippen molar-refractivity contribution >= 4 is 11.9 Å². The molecule has 0 spiro atoms. The molecule has 0 atom stereocenters. The van der Waals surface area contributed by atoms with Gasteiger partial charge in [-0.25, -0.2) is 15.0 Å². The van der Waals surface area contributed by atoms with E-state index < -0.39 is 0 Å². The molecule has 0 bridgehead atoms. The predicted molar refractivity (Wildman–Crippen MR) is 115 cm³/mol. The van der Waals surface area contributed by atoms with Crippen LogP contribution in [-0.4, -0.2) is 71.0 Å². The standard InChI is InChI=1S/C22H26N6O3/c1-26(14-17-6-3-4-7-19(17)30-2)21(29)18-16-31-20(25-18)15-27-10-12-28(13-11-27)22-23-8-5-9-24-22/h3-9,16H,10-15H2,1-2H3. The van der Waals surface area contributed by atoms with Gasteiger partial charge in [-0.1, -0.05) is 18.2 Å². The van der Waals surface area contributed by atoms with E-state index in [0.717, 1.165) is 43.4 Å². The van der Waals surface area contributed by atoms with E-state index in [2.05, 4.69) is 24.8 Å². The maximum absolute atomic E-state index is 12.8. The van der Waals surface area contributed by atoms with Crippen LogP contribution in [0.3, 0.4) is 0 Å². The Balaban J connectivity index is 1.31. The number of ether oxygens (including phenoxy) is 1. The molecule has 4 rings (SSSR count). The third-order valence-electron chi connectivity index (χ3n) is 5.28. The van der Waals surface area contributed by atoms with E-state index in [1.165, 1.54) is 6.26 Å². The SMILES string of the molecule is COc1ccccc1CN(C)C(=O)c1coc(CN2CCN(c3ncccn3)CC2)n1. The highest BCUT2D eigenvalue weighted by Crippen LogP contribution is 2.20. The van der Waals surface area contributed by atoms with Gasteiger partial charge in [0.05, 0.1) is 13.7 Å². The molecular formula is C22H26N6O3. The van der Waals surface area contributed by atoms with E-state index >= 15 is 0 Å². The average Bonchev–Trinajstić information content (AvgIpc) is 3.28. The molecule has 1 fully saturated rings. The van der Waals surface area contributed by atoms with Gasteiger partial charge in [-0.2, -0.15) is 0 Å². The van der Waals surface area contributed by atoms with Gasteiger partial charge < -0.3 is 19.0 Å². The average molecular weight is 422 g/mol. The lowest BCUT2D eigenvalue weighted by atomic mass is 10.2. The van der Waals surface area contributed by atoms with Crippen molar-refractivity contribution in [3.8, 4) is 5.75 Å². The number of nitrogens with zero attached hydrogens (tertiary/aromatic N) is 6. The Labute approximate surface area is 181 Å². The highest BCUT2D eigenvalue weighted by atomic mass is 16.5. The fourth-order valence-corrected chi connectivity index (χ4v) is 3.59. The van der Waals surface area contributed by atoms with E-state index in [1.54, 1.807) is 31.5 Å². The summed E-state index contributed by atoms with van der Waals surface area (Å²) in [7, 11) is 3.37. The monoisotopic (exact) mass is 422 g/mol. The molecule has 1 aromatic carbocycles. The molecule has 31 heavy (non-hydrogen) atoms. The van der Waals surface area contributed by atoms with Gasteiger partial charge in [-0.3, -0.25) is 9.69 Å². The number of para-hydroxylation sites is 1. The number of benzene rings is 1. The summed E-state index contributed by atoms with van der Waals surface area (Å²) in [6, 6.07) is 9.46. The number of anilines is 1. The molecule has 2 aromatic heterocycles. The third kappa shape index (κ3) is 5.00. The Morgan fingerprint density at radius 1 is 1.13 bits per heavy atom. The molecule has 9 heteroatoms. The van der Waals surface area contributed by atoms with E-state index in [9.17, 15) is 4.79 Å². The van der Waals surface area contributed by atoms with Crippen LogP contribution in [0.4, 0.5) is 5.95 Å². The molecular weight excluding hydrogens is 396 g/mol. The van der Waals surface area contributed by atoms with Gasteiger partial charge in [-0.15, -0.1) is 0 Å². The maximum atomic E-state index is 12.8. The number of hydrogen-bond donors (Lipinski definition) is 0. The molecule has 1 aliphatic rings. The molecule has 0 N–H and O–H groups in total. The number of carbonyl (C=O) groups excluding carboxylic acids is 1. The third-order valence-corrected chi connectivity index (χ3v) is 5.28. The zero-order valence-corrected chi connectivity index (χ0v) is 17.8. The highest BCUT2D eigenvalue weighted by Gasteiger charge is 2.22. The highest BCUT2D eigenvalue weighted by molar-refractivity contribution is 5.91. The summed E-state index contributed by atoms with van der Waals surface area (Å²) in [5.41, 5.74) is 1.24. The Hall–Kier alpha value is -3.46.